The molecule has 4 heteroatoms. The molecular weight excluding hydrogens is 240 g/mol. The molecule has 0 aliphatic carbocycles. The molecule has 1 aliphatic rings. The average molecular weight is 264 g/mol. The Morgan fingerprint density at radius 2 is 2.00 bits per heavy atom. The molecule has 1 atom stereocenters. The first-order valence-corrected chi connectivity index (χ1v) is 6.89. The fraction of sp³-hybridized carbons (Fsp3) is 0.600. The summed E-state index contributed by atoms with van der Waals surface area (Å²) in [6.07, 6.45) is 2.40. The molecular formula is C15H24N2O2. The van der Waals surface area contributed by atoms with Crippen LogP contribution in [0.4, 0.5) is 0 Å². The Labute approximate surface area is 115 Å². The number of ether oxygens (including phenoxy) is 2. The number of nitrogens with two attached hydrogens (primary N) is 1. The molecule has 19 heavy (non-hydrogen) atoms. The molecule has 0 unspecified atom stereocenters. The summed E-state index contributed by atoms with van der Waals surface area (Å²) in [6.45, 7) is 4.15. The van der Waals surface area contributed by atoms with Crippen LogP contribution < -0.4 is 15.2 Å². The number of likely N-dealkylation sites (tertiary alicyclic amines) is 1. The second-order valence-electron chi connectivity index (χ2n) is 5.31. The van der Waals surface area contributed by atoms with Gasteiger partial charge in [-0.2, -0.15) is 0 Å². The maximum atomic E-state index is 6.15. The van der Waals surface area contributed by atoms with Crippen molar-refractivity contribution in [2.45, 2.75) is 31.9 Å². The average Bonchev–Trinajstić information content (AvgIpc) is 2.41. The molecule has 1 aliphatic heterocycles. The van der Waals surface area contributed by atoms with Crippen LogP contribution in [0.1, 0.15) is 31.4 Å². The van der Waals surface area contributed by atoms with Gasteiger partial charge in [0.1, 0.15) is 17.6 Å². The molecule has 0 radical (unpaired) electrons. The maximum absolute atomic E-state index is 6.15. The van der Waals surface area contributed by atoms with Crippen molar-refractivity contribution in [3.05, 3.63) is 23.8 Å². The lowest BCUT2D eigenvalue weighted by Crippen LogP contribution is -2.35. The summed E-state index contributed by atoms with van der Waals surface area (Å²) in [5.41, 5.74) is 7.05. The largest absolute Gasteiger partial charge is 0.497 e. The van der Waals surface area contributed by atoms with E-state index in [1.54, 1.807) is 7.11 Å². The molecule has 0 bridgehead atoms. The van der Waals surface area contributed by atoms with E-state index in [0.29, 0.717) is 0 Å². The Bertz CT molecular complexity index is 413. The zero-order valence-corrected chi connectivity index (χ0v) is 12.1. The van der Waals surface area contributed by atoms with Crippen LogP contribution in [0, 0.1) is 0 Å². The summed E-state index contributed by atoms with van der Waals surface area (Å²) in [5.74, 6) is 1.68. The van der Waals surface area contributed by atoms with Crippen molar-refractivity contribution in [2.75, 3.05) is 27.2 Å². The van der Waals surface area contributed by atoms with E-state index in [4.69, 9.17) is 15.2 Å². The van der Waals surface area contributed by atoms with Gasteiger partial charge in [-0.1, -0.05) is 6.07 Å². The molecule has 0 saturated carbocycles. The predicted molar refractivity (Wildman–Crippen MR) is 76.7 cm³/mol. The minimum absolute atomic E-state index is 0.0350. The van der Waals surface area contributed by atoms with E-state index in [1.807, 2.05) is 25.1 Å². The minimum Gasteiger partial charge on any atom is -0.497 e. The molecule has 1 aromatic carbocycles. The first kappa shape index (κ1) is 14.2. The normalized spacial score (nSPS) is 19.2. The van der Waals surface area contributed by atoms with E-state index in [1.165, 1.54) is 0 Å². The van der Waals surface area contributed by atoms with Crippen molar-refractivity contribution >= 4 is 0 Å². The van der Waals surface area contributed by atoms with Crippen LogP contribution >= 0.6 is 0 Å². The van der Waals surface area contributed by atoms with Crippen LogP contribution in [0.15, 0.2) is 18.2 Å². The van der Waals surface area contributed by atoms with Crippen molar-refractivity contribution in [2.24, 2.45) is 5.73 Å². The quantitative estimate of drug-likeness (QED) is 0.905. The Hall–Kier alpha value is -1.26. The molecule has 2 N–H and O–H groups in total. The lowest BCUT2D eigenvalue weighted by Gasteiger charge is -2.30. The van der Waals surface area contributed by atoms with E-state index in [-0.39, 0.29) is 12.1 Å². The second kappa shape index (κ2) is 6.26. The number of piperidine rings is 1. The molecule has 1 fully saturated rings. The van der Waals surface area contributed by atoms with E-state index in [9.17, 15) is 0 Å². The van der Waals surface area contributed by atoms with Gasteiger partial charge in [-0.15, -0.1) is 0 Å². The summed E-state index contributed by atoms with van der Waals surface area (Å²) in [4.78, 5) is 2.33. The third-order valence-electron chi connectivity index (χ3n) is 3.67. The van der Waals surface area contributed by atoms with Gasteiger partial charge in [-0.3, -0.25) is 0 Å². The third-order valence-corrected chi connectivity index (χ3v) is 3.67. The summed E-state index contributed by atoms with van der Waals surface area (Å²) in [5, 5.41) is 0. The van der Waals surface area contributed by atoms with Gasteiger partial charge in [0.25, 0.3) is 0 Å². The molecule has 4 nitrogen and oxygen atoms in total. The maximum Gasteiger partial charge on any atom is 0.128 e. The Balaban J connectivity index is 2.13. The van der Waals surface area contributed by atoms with Crippen LogP contribution in [0.5, 0.6) is 11.5 Å². The number of nitrogens with zero attached hydrogens (tertiary/aromatic N) is 1. The molecule has 2 rings (SSSR count). The van der Waals surface area contributed by atoms with E-state index in [0.717, 1.165) is 43.0 Å². The van der Waals surface area contributed by atoms with E-state index in [2.05, 4.69) is 11.9 Å². The first-order valence-electron chi connectivity index (χ1n) is 6.89. The number of methoxy groups -OCH3 is 1. The van der Waals surface area contributed by atoms with Gasteiger partial charge in [-0.25, -0.2) is 0 Å². The highest BCUT2D eigenvalue weighted by Gasteiger charge is 2.20. The monoisotopic (exact) mass is 264 g/mol. The van der Waals surface area contributed by atoms with E-state index >= 15 is 0 Å². The number of hydrogen-bond donors (Lipinski definition) is 1. The summed E-state index contributed by atoms with van der Waals surface area (Å²) in [7, 11) is 3.81. The van der Waals surface area contributed by atoms with Crippen LogP contribution in [0.2, 0.25) is 0 Å². The van der Waals surface area contributed by atoms with Gasteiger partial charge in [0, 0.05) is 30.8 Å². The fourth-order valence-electron chi connectivity index (χ4n) is 2.40. The van der Waals surface area contributed by atoms with Crippen LogP contribution in [0.25, 0.3) is 0 Å². The molecule has 1 saturated heterocycles. The van der Waals surface area contributed by atoms with E-state index < -0.39 is 0 Å². The van der Waals surface area contributed by atoms with Crippen LogP contribution in [-0.2, 0) is 0 Å². The number of rotatable bonds is 4. The highest BCUT2D eigenvalue weighted by Crippen LogP contribution is 2.30. The standard InChI is InChI=1S/C15H24N2O2/c1-11(16)14-5-4-13(18-3)10-15(14)19-12-6-8-17(2)9-7-12/h4-5,10-12H,6-9,16H2,1-3H3/t11-/m1/s1. The minimum atomic E-state index is -0.0350. The molecule has 106 valence electrons. The topological polar surface area (TPSA) is 47.7 Å². The van der Waals surface area contributed by atoms with Crippen LogP contribution in [-0.4, -0.2) is 38.3 Å². The molecule has 0 aromatic heterocycles. The van der Waals surface area contributed by atoms with Crippen molar-refractivity contribution in [3.8, 4) is 11.5 Å². The van der Waals surface area contributed by atoms with Gasteiger partial charge >= 0.3 is 0 Å². The predicted octanol–water partition coefficient (Wildman–Crippen LogP) is 2.19. The molecule has 1 aromatic rings. The zero-order chi connectivity index (χ0) is 13.8. The fourth-order valence-corrected chi connectivity index (χ4v) is 2.40. The van der Waals surface area contributed by atoms with Crippen molar-refractivity contribution in [1.29, 1.82) is 0 Å². The summed E-state index contributed by atoms with van der Waals surface area (Å²) >= 11 is 0. The number of hydrogen-bond acceptors (Lipinski definition) is 4. The molecule has 0 amide bonds. The number of benzene rings is 1. The SMILES string of the molecule is COc1ccc([C@@H](C)N)c(OC2CCN(C)CC2)c1. The summed E-state index contributed by atoms with van der Waals surface area (Å²) < 4.78 is 11.4. The smallest absolute Gasteiger partial charge is 0.128 e. The second-order valence-corrected chi connectivity index (χ2v) is 5.31. The first-order chi connectivity index (χ1) is 9.10. The lowest BCUT2D eigenvalue weighted by atomic mass is 10.1. The Kier molecular flexibility index (Phi) is 4.66. The Morgan fingerprint density at radius 1 is 1.32 bits per heavy atom. The lowest BCUT2D eigenvalue weighted by molar-refractivity contribution is 0.113. The zero-order valence-electron chi connectivity index (χ0n) is 12.1. The molecule has 0 spiro atoms. The highest BCUT2D eigenvalue weighted by atomic mass is 16.5. The van der Waals surface area contributed by atoms with Crippen molar-refractivity contribution < 1.29 is 9.47 Å². The third kappa shape index (κ3) is 3.61. The van der Waals surface area contributed by atoms with Gasteiger partial charge < -0.3 is 20.1 Å². The highest BCUT2D eigenvalue weighted by molar-refractivity contribution is 5.42. The van der Waals surface area contributed by atoms with Crippen molar-refractivity contribution in [1.82, 2.24) is 4.90 Å². The van der Waals surface area contributed by atoms with Crippen molar-refractivity contribution in [3.63, 3.8) is 0 Å². The van der Waals surface area contributed by atoms with Gasteiger partial charge in [0.2, 0.25) is 0 Å². The van der Waals surface area contributed by atoms with Crippen LogP contribution in [0.3, 0.4) is 0 Å². The molecule has 1 heterocycles. The van der Waals surface area contributed by atoms with Gasteiger partial charge in [-0.05, 0) is 32.9 Å². The summed E-state index contributed by atoms with van der Waals surface area (Å²) in [6, 6.07) is 5.83. The van der Waals surface area contributed by atoms with Gasteiger partial charge in [0.15, 0.2) is 0 Å². The van der Waals surface area contributed by atoms with Gasteiger partial charge in [0.05, 0.1) is 7.11 Å². The Morgan fingerprint density at radius 3 is 2.58 bits per heavy atom.